The van der Waals surface area contributed by atoms with Crippen LogP contribution in [0.2, 0.25) is 0 Å². The first-order chi connectivity index (χ1) is 8.43. The van der Waals surface area contributed by atoms with E-state index in [0.717, 1.165) is 18.6 Å². The van der Waals surface area contributed by atoms with E-state index in [2.05, 4.69) is 10.6 Å². The van der Waals surface area contributed by atoms with Crippen molar-refractivity contribution in [3.8, 4) is 0 Å². The molecule has 0 bridgehead atoms. The standard InChI is InChI=1S/C12H15F3N2O/c1-2-6-16-11(18)8-17-10-5-3-4-9(7-10)12(13,14)15/h3-5,7,17H,2,6,8H2,1H3,(H,16,18). The molecule has 0 heterocycles. The monoisotopic (exact) mass is 260 g/mol. The van der Waals surface area contributed by atoms with E-state index in [0.29, 0.717) is 6.54 Å². The van der Waals surface area contributed by atoms with Crippen molar-refractivity contribution in [3.63, 3.8) is 0 Å². The predicted molar refractivity (Wildman–Crippen MR) is 63.2 cm³/mol. The summed E-state index contributed by atoms with van der Waals surface area (Å²) in [6.45, 7) is 2.44. The lowest BCUT2D eigenvalue weighted by atomic mass is 10.2. The SMILES string of the molecule is CCCNC(=O)CNc1cccc(C(F)(F)F)c1. The molecule has 0 fully saturated rings. The van der Waals surface area contributed by atoms with Crippen molar-refractivity contribution in [2.24, 2.45) is 0 Å². The highest BCUT2D eigenvalue weighted by Crippen LogP contribution is 2.30. The zero-order valence-corrected chi connectivity index (χ0v) is 9.97. The van der Waals surface area contributed by atoms with E-state index in [4.69, 9.17) is 0 Å². The van der Waals surface area contributed by atoms with Crippen molar-refractivity contribution in [3.05, 3.63) is 29.8 Å². The van der Waals surface area contributed by atoms with Gasteiger partial charge in [0.2, 0.25) is 5.91 Å². The van der Waals surface area contributed by atoms with E-state index < -0.39 is 11.7 Å². The van der Waals surface area contributed by atoms with Crippen LogP contribution < -0.4 is 10.6 Å². The summed E-state index contributed by atoms with van der Waals surface area (Å²) in [6.07, 6.45) is -3.56. The van der Waals surface area contributed by atoms with Gasteiger partial charge in [-0.3, -0.25) is 4.79 Å². The molecule has 0 spiro atoms. The highest BCUT2D eigenvalue weighted by Gasteiger charge is 2.30. The number of carbonyl (C=O) groups is 1. The van der Waals surface area contributed by atoms with Crippen molar-refractivity contribution in [2.45, 2.75) is 19.5 Å². The lowest BCUT2D eigenvalue weighted by molar-refractivity contribution is -0.137. The van der Waals surface area contributed by atoms with Crippen molar-refractivity contribution in [1.29, 1.82) is 0 Å². The summed E-state index contributed by atoms with van der Waals surface area (Å²) < 4.78 is 37.3. The molecule has 2 N–H and O–H groups in total. The third-order valence-electron chi connectivity index (χ3n) is 2.22. The molecule has 6 heteroatoms. The number of rotatable bonds is 5. The molecule has 0 aromatic heterocycles. The number of nitrogens with one attached hydrogen (secondary N) is 2. The summed E-state index contributed by atoms with van der Waals surface area (Å²) in [6, 6.07) is 4.76. The molecule has 0 aliphatic rings. The van der Waals surface area contributed by atoms with Gasteiger partial charge in [0.15, 0.2) is 0 Å². The zero-order valence-electron chi connectivity index (χ0n) is 9.97. The molecule has 100 valence electrons. The Bertz CT molecular complexity index is 405. The summed E-state index contributed by atoms with van der Waals surface area (Å²) in [5, 5.41) is 5.28. The molecule has 0 aliphatic carbocycles. The number of alkyl halides is 3. The summed E-state index contributed by atoms with van der Waals surface area (Å²) in [5.41, 5.74) is -0.460. The highest BCUT2D eigenvalue weighted by atomic mass is 19.4. The van der Waals surface area contributed by atoms with Gasteiger partial charge in [0.25, 0.3) is 0 Å². The molecular formula is C12H15F3N2O. The van der Waals surface area contributed by atoms with Gasteiger partial charge in [-0.2, -0.15) is 13.2 Å². The van der Waals surface area contributed by atoms with Gasteiger partial charge >= 0.3 is 6.18 Å². The van der Waals surface area contributed by atoms with Crippen LogP contribution in [0, 0.1) is 0 Å². The largest absolute Gasteiger partial charge is 0.416 e. The zero-order chi connectivity index (χ0) is 13.6. The van der Waals surface area contributed by atoms with E-state index in [-0.39, 0.29) is 18.1 Å². The molecule has 0 radical (unpaired) electrons. The molecule has 0 saturated carbocycles. The second kappa shape index (κ2) is 6.28. The molecule has 18 heavy (non-hydrogen) atoms. The summed E-state index contributed by atoms with van der Waals surface area (Å²) in [4.78, 5) is 11.3. The lowest BCUT2D eigenvalue weighted by Gasteiger charge is -2.10. The quantitative estimate of drug-likeness (QED) is 0.854. The van der Waals surface area contributed by atoms with Crippen molar-refractivity contribution >= 4 is 11.6 Å². The second-order valence-electron chi connectivity index (χ2n) is 3.78. The van der Waals surface area contributed by atoms with E-state index in [1.165, 1.54) is 12.1 Å². The predicted octanol–water partition coefficient (Wildman–Crippen LogP) is 2.64. The van der Waals surface area contributed by atoms with Crippen LogP contribution in [-0.2, 0) is 11.0 Å². The van der Waals surface area contributed by atoms with Gasteiger partial charge in [0, 0.05) is 12.2 Å². The number of halogens is 3. The van der Waals surface area contributed by atoms with Gasteiger partial charge in [0.05, 0.1) is 12.1 Å². The number of anilines is 1. The third kappa shape index (κ3) is 4.65. The van der Waals surface area contributed by atoms with Crippen molar-refractivity contribution in [1.82, 2.24) is 5.32 Å². The average Bonchev–Trinajstić information content (AvgIpc) is 2.33. The van der Waals surface area contributed by atoms with E-state index in [9.17, 15) is 18.0 Å². The van der Waals surface area contributed by atoms with E-state index in [1.807, 2.05) is 6.92 Å². The van der Waals surface area contributed by atoms with Gasteiger partial charge in [0.1, 0.15) is 0 Å². The minimum Gasteiger partial charge on any atom is -0.376 e. The fourth-order valence-electron chi connectivity index (χ4n) is 1.31. The molecule has 1 amide bonds. The van der Waals surface area contributed by atoms with Crippen molar-refractivity contribution in [2.75, 3.05) is 18.4 Å². The first-order valence-corrected chi connectivity index (χ1v) is 5.61. The summed E-state index contributed by atoms with van der Waals surface area (Å²) in [7, 11) is 0. The van der Waals surface area contributed by atoms with Gasteiger partial charge < -0.3 is 10.6 Å². The topological polar surface area (TPSA) is 41.1 Å². The molecule has 0 unspecified atom stereocenters. The normalized spacial score (nSPS) is 11.1. The van der Waals surface area contributed by atoms with Crippen LogP contribution in [0.4, 0.5) is 18.9 Å². The molecule has 1 rings (SSSR count). The third-order valence-corrected chi connectivity index (χ3v) is 2.22. The van der Waals surface area contributed by atoms with Gasteiger partial charge in [-0.15, -0.1) is 0 Å². The minimum absolute atomic E-state index is 0.0404. The van der Waals surface area contributed by atoms with Crippen LogP contribution in [0.25, 0.3) is 0 Å². The summed E-state index contributed by atoms with van der Waals surface area (Å²) >= 11 is 0. The van der Waals surface area contributed by atoms with Crippen LogP contribution in [0.1, 0.15) is 18.9 Å². The average molecular weight is 260 g/mol. The molecule has 3 nitrogen and oxygen atoms in total. The Balaban J connectivity index is 2.55. The number of carbonyl (C=O) groups excluding carboxylic acids is 1. The molecule has 0 aliphatic heterocycles. The highest BCUT2D eigenvalue weighted by molar-refractivity contribution is 5.80. The number of hydrogen-bond acceptors (Lipinski definition) is 2. The van der Waals surface area contributed by atoms with Crippen molar-refractivity contribution < 1.29 is 18.0 Å². The fraction of sp³-hybridized carbons (Fsp3) is 0.417. The first-order valence-electron chi connectivity index (χ1n) is 5.61. The van der Waals surface area contributed by atoms with Crippen LogP contribution in [0.5, 0.6) is 0 Å². The number of hydrogen-bond donors (Lipinski definition) is 2. The van der Waals surface area contributed by atoms with E-state index >= 15 is 0 Å². The van der Waals surface area contributed by atoms with E-state index in [1.54, 1.807) is 0 Å². The molecule has 1 aromatic carbocycles. The number of benzene rings is 1. The Hall–Kier alpha value is -1.72. The fourth-order valence-corrected chi connectivity index (χ4v) is 1.31. The summed E-state index contributed by atoms with van der Waals surface area (Å²) in [5.74, 6) is -0.241. The minimum atomic E-state index is -4.37. The molecule has 0 atom stereocenters. The maximum Gasteiger partial charge on any atom is 0.416 e. The Morgan fingerprint density at radius 3 is 2.67 bits per heavy atom. The first kappa shape index (κ1) is 14.3. The smallest absolute Gasteiger partial charge is 0.376 e. The molecule has 0 saturated heterocycles. The van der Waals surface area contributed by atoms with Gasteiger partial charge in [-0.05, 0) is 24.6 Å². The Morgan fingerprint density at radius 1 is 1.33 bits per heavy atom. The van der Waals surface area contributed by atoms with Crippen LogP contribution >= 0.6 is 0 Å². The Morgan fingerprint density at radius 2 is 2.06 bits per heavy atom. The van der Waals surface area contributed by atoms with Crippen LogP contribution in [0.15, 0.2) is 24.3 Å². The maximum absolute atomic E-state index is 12.4. The van der Waals surface area contributed by atoms with Gasteiger partial charge in [-0.1, -0.05) is 13.0 Å². The Labute approximate surface area is 103 Å². The van der Waals surface area contributed by atoms with Gasteiger partial charge in [-0.25, -0.2) is 0 Å². The Kier molecular flexibility index (Phi) is 5.00. The maximum atomic E-state index is 12.4. The molecule has 1 aromatic rings. The van der Waals surface area contributed by atoms with Crippen LogP contribution in [-0.4, -0.2) is 19.0 Å². The molecular weight excluding hydrogens is 245 g/mol. The lowest BCUT2D eigenvalue weighted by Crippen LogP contribution is -2.30. The number of amides is 1. The second-order valence-corrected chi connectivity index (χ2v) is 3.78. The van der Waals surface area contributed by atoms with Crippen LogP contribution in [0.3, 0.4) is 0 Å².